The smallest absolute Gasteiger partial charge is 0.203 e. The van der Waals surface area contributed by atoms with Crippen LogP contribution in [0.5, 0.6) is 17.2 Å². The van der Waals surface area contributed by atoms with Crippen molar-refractivity contribution in [1.29, 1.82) is 0 Å². The molecule has 154 valence electrons. The van der Waals surface area contributed by atoms with Gasteiger partial charge in [0.1, 0.15) is 0 Å². The summed E-state index contributed by atoms with van der Waals surface area (Å²) >= 11 is 0. The molecule has 0 aliphatic heterocycles. The molecular weight excluding hydrogens is 457 g/mol. The summed E-state index contributed by atoms with van der Waals surface area (Å²) in [6.45, 7) is 3.95. The van der Waals surface area contributed by atoms with Crippen molar-refractivity contribution in [3.63, 3.8) is 0 Å². The highest BCUT2D eigenvalue weighted by Crippen LogP contribution is 2.38. The zero-order valence-corrected chi connectivity index (χ0v) is 19.5. The number of nitrogens with one attached hydrogen (secondary N) is 2. The standard InChI is InChI=1S/C20H33N3O3.HI/c1-14-8-6-7-9-16(14)13-23-20(21-2)22-12-15-10-17(24-3)19(26-5)18(11-15)25-4;/h10-11,14,16H,6-9,12-13H2,1-5H3,(H2,21,22,23);1H. The fraction of sp³-hybridized carbons (Fsp3) is 0.650. The van der Waals surface area contributed by atoms with Crippen LogP contribution in [0.15, 0.2) is 17.1 Å². The summed E-state index contributed by atoms with van der Waals surface area (Å²) < 4.78 is 16.2. The highest BCUT2D eigenvalue weighted by atomic mass is 127. The van der Waals surface area contributed by atoms with Crippen molar-refractivity contribution in [2.75, 3.05) is 34.9 Å². The van der Waals surface area contributed by atoms with E-state index in [9.17, 15) is 0 Å². The third-order valence-corrected chi connectivity index (χ3v) is 5.23. The van der Waals surface area contributed by atoms with Crippen LogP contribution in [0.2, 0.25) is 0 Å². The van der Waals surface area contributed by atoms with E-state index in [1.54, 1.807) is 28.4 Å². The molecule has 2 unspecified atom stereocenters. The lowest BCUT2D eigenvalue weighted by Crippen LogP contribution is -2.41. The third-order valence-electron chi connectivity index (χ3n) is 5.23. The predicted molar refractivity (Wildman–Crippen MR) is 121 cm³/mol. The number of ether oxygens (including phenoxy) is 3. The third kappa shape index (κ3) is 6.62. The van der Waals surface area contributed by atoms with Crippen molar-refractivity contribution in [2.45, 2.75) is 39.2 Å². The van der Waals surface area contributed by atoms with Gasteiger partial charge >= 0.3 is 0 Å². The summed E-state index contributed by atoms with van der Waals surface area (Å²) in [7, 11) is 6.66. The van der Waals surface area contributed by atoms with Crippen molar-refractivity contribution in [3.8, 4) is 17.2 Å². The summed E-state index contributed by atoms with van der Waals surface area (Å²) in [6, 6.07) is 3.90. The maximum Gasteiger partial charge on any atom is 0.203 e. The zero-order chi connectivity index (χ0) is 18.9. The van der Waals surface area contributed by atoms with E-state index in [0.717, 1.165) is 29.9 Å². The molecule has 0 bridgehead atoms. The fourth-order valence-electron chi connectivity index (χ4n) is 3.57. The molecule has 1 saturated carbocycles. The number of halogens is 1. The Balaban J connectivity index is 0.00000364. The van der Waals surface area contributed by atoms with Gasteiger partial charge in [-0.25, -0.2) is 0 Å². The molecule has 1 aromatic carbocycles. The molecule has 1 aromatic rings. The number of methoxy groups -OCH3 is 3. The van der Waals surface area contributed by atoms with E-state index in [-0.39, 0.29) is 24.0 Å². The van der Waals surface area contributed by atoms with E-state index in [1.165, 1.54) is 25.7 Å². The van der Waals surface area contributed by atoms with Gasteiger partial charge in [-0.2, -0.15) is 0 Å². The maximum atomic E-state index is 5.41. The molecule has 7 heteroatoms. The Morgan fingerprint density at radius 2 is 1.67 bits per heavy atom. The topological polar surface area (TPSA) is 64.1 Å². The lowest BCUT2D eigenvalue weighted by atomic mass is 9.80. The minimum absolute atomic E-state index is 0. The van der Waals surface area contributed by atoms with E-state index in [4.69, 9.17) is 14.2 Å². The summed E-state index contributed by atoms with van der Waals surface area (Å²) in [5, 5.41) is 6.84. The van der Waals surface area contributed by atoms with Crippen molar-refractivity contribution < 1.29 is 14.2 Å². The van der Waals surface area contributed by atoms with Crippen molar-refractivity contribution in [1.82, 2.24) is 10.6 Å². The largest absolute Gasteiger partial charge is 0.493 e. The molecule has 0 amide bonds. The number of nitrogens with zero attached hydrogens (tertiary/aromatic N) is 1. The first-order valence-electron chi connectivity index (χ1n) is 9.36. The van der Waals surface area contributed by atoms with E-state index < -0.39 is 0 Å². The number of hydrogen-bond acceptors (Lipinski definition) is 4. The van der Waals surface area contributed by atoms with Crippen LogP contribution in [-0.2, 0) is 6.54 Å². The van der Waals surface area contributed by atoms with Gasteiger partial charge in [-0.15, -0.1) is 24.0 Å². The van der Waals surface area contributed by atoms with Crippen LogP contribution in [0.1, 0.15) is 38.2 Å². The first kappa shape index (κ1) is 23.7. The Hall–Kier alpha value is -1.38. The Bertz CT molecular complexity index is 585. The monoisotopic (exact) mass is 491 g/mol. The molecule has 2 N–H and O–H groups in total. The van der Waals surface area contributed by atoms with E-state index >= 15 is 0 Å². The average Bonchev–Trinajstić information content (AvgIpc) is 2.68. The summed E-state index contributed by atoms with van der Waals surface area (Å²) in [4.78, 5) is 4.34. The summed E-state index contributed by atoms with van der Waals surface area (Å²) in [5.74, 6) is 4.24. The highest BCUT2D eigenvalue weighted by molar-refractivity contribution is 14.0. The molecule has 0 aromatic heterocycles. The van der Waals surface area contributed by atoms with Crippen LogP contribution in [-0.4, -0.2) is 40.9 Å². The van der Waals surface area contributed by atoms with Gasteiger partial charge in [-0.05, 0) is 36.0 Å². The van der Waals surface area contributed by atoms with E-state index in [1.807, 2.05) is 12.1 Å². The van der Waals surface area contributed by atoms with Gasteiger partial charge in [0, 0.05) is 20.1 Å². The second-order valence-corrected chi connectivity index (χ2v) is 6.86. The molecule has 2 rings (SSSR count). The molecule has 0 saturated heterocycles. The van der Waals surface area contributed by atoms with Crippen molar-refractivity contribution in [3.05, 3.63) is 17.7 Å². The number of aliphatic imine (C=N–C) groups is 1. The number of rotatable bonds is 7. The first-order valence-corrected chi connectivity index (χ1v) is 9.36. The Morgan fingerprint density at radius 3 is 2.19 bits per heavy atom. The Kier molecular flexibility index (Phi) is 10.6. The lowest BCUT2D eigenvalue weighted by Gasteiger charge is -2.29. The molecule has 0 radical (unpaired) electrons. The minimum Gasteiger partial charge on any atom is -0.493 e. The van der Waals surface area contributed by atoms with Gasteiger partial charge in [0.2, 0.25) is 5.75 Å². The predicted octanol–water partition coefficient (Wildman–Crippen LogP) is 3.82. The van der Waals surface area contributed by atoms with E-state index in [0.29, 0.717) is 23.8 Å². The zero-order valence-electron chi connectivity index (χ0n) is 17.1. The Morgan fingerprint density at radius 1 is 1.04 bits per heavy atom. The van der Waals surface area contributed by atoms with Gasteiger partial charge < -0.3 is 24.8 Å². The Labute approximate surface area is 180 Å². The van der Waals surface area contributed by atoms with Crippen LogP contribution in [0.25, 0.3) is 0 Å². The number of benzene rings is 1. The minimum atomic E-state index is 0. The van der Waals surface area contributed by atoms with Crippen molar-refractivity contribution in [2.24, 2.45) is 16.8 Å². The molecule has 0 heterocycles. The molecule has 1 aliphatic carbocycles. The number of guanidine groups is 1. The fourth-order valence-corrected chi connectivity index (χ4v) is 3.57. The SMILES string of the molecule is CN=C(NCc1cc(OC)c(OC)c(OC)c1)NCC1CCCCC1C.I. The van der Waals surface area contributed by atoms with Crippen LogP contribution in [0.3, 0.4) is 0 Å². The van der Waals surface area contributed by atoms with Gasteiger partial charge in [0.05, 0.1) is 21.3 Å². The first-order chi connectivity index (χ1) is 12.6. The molecule has 2 atom stereocenters. The van der Waals surface area contributed by atoms with Gasteiger partial charge in [0.15, 0.2) is 17.5 Å². The molecule has 1 aliphatic rings. The molecule has 27 heavy (non-hydrogen) atoms. The normalized spacial score (nSPS) is 19.7. The molecular formula is C20H34IN3O3. The van der Waals surface area contributed by atoms with Crippen LogP contribution < -0.4 is 24.8 Å². The highest BCUT2D eigenvalue weighted by Gasteiger charge is 2.21. The number of hydrogen-bond donors (Lipinski definition) is 2. The van der Waals surface area contributed by atoms with Crippen LogP contribution in [0.4, 0.5) is 0 Å². The van der Waals surface area contributed by atoms with Crippen LogP contribution >= 0.6 is 24.0 Å². The molecule has 1 fully saturated rings. The molecule has 0 spiro atoms. The van der Waals surface area contributed by atoms with Gasteiger partial charge in [-0.1, -0.05) is 26.2 Å². The second kappa shape index (κ2) is 12.2. The van der Waals surface area contributed by atoms with Crippen LogP contribution in [0, 0.1) is 11.8 Å². The van der Waals surface area contributed by atoms with E-state index in [2.05, 4.69) is 22.5 Å². The molecule has 6 nitrogen and oxygen atoms in total. The maximum absolute atomic E-state index is 5.41. The quantitative estimate of drug-likeness (QED) is 0.345. The summed E-state index contributed by atoms with van der Waals surface area (Å²) in [5.41, 5.74) is 1.04. The van der Waals surface area contributed by atoms with Gasteiger partial charge in [-0.3, -0.25) is 4.99 Å². The second-order valence-electron chi connectivity index (χ2n) is 6.86. The average molecular weight is 491 g/mol. The van der Waals surface area contributed by atoms with Crippen molar-refractivity contribution >= 4 is 29.9 Å². The van der Waals surface area contributed by atoms with Gasteiger partial charge in [0.25, 0.3) is 0 Å². The lowest BCUT2D eigenvalue weighted by molar-refractivity contribution is 0.256. The summed E-state index contributed by atoms with van der Waals surface area (Å²) in [6.07, 6.45) is 5.35.